The van der Waals surface area contributed by atoms with Crippen molar-refractivity contribution in [1.82, 2.24) is 0 Å². The highest BCUT2D eigenvalue weighted by Crippen LogP contribution is 2.06. The Balaban J connectivity index is 2.61. The normalized spacial score (nSPS) is 18.5. The third kappa shape index (κ3) is 0.818. The second kappa shape index (κ2) is 1.75. The van der Waals surface area contributed by atoms with Crippen LogP contribution >= 0.6 is 11.8 Å². The molecule has 0 aromatic heterocycles. The predicted molar refractivity (Wildman–Crippen MR) is 33.2 cm³/mol. The largest absolute Gasteiger partial charge is 0.108 e. The minimum absolute atomic E-state index is 0.981. The van der Waals surface area contributed by atoms with Crippen LogP contribution in [-0.2, 0) is 0 Å². The predicted octanol–water partition coefficient (Wildman–Crippen LogP) is 1.06. The minimum atomic E-state index is 0.981. The molecule has 1 aliphatic heterocycles. The Kier molecular flexibility index (Phi) is 1.27. The molecule has 0 unspecified atom stereocenters. The lowest BCUT2D eigenvalue weighted by atomic mass is 11.0. The molecule has 2 heteroatoms. The smallest absolute Gasteiger partial charge is 0.0635 e. The zero-order valence-electron chi connectivity index (χ0n) is 3.56. The molecule has 0 aromatic carbocycles. The van der Waals surface area contributed by atoms with E-state index in [1.165, 1.54) is 4.50 Å². The summed E-state index contributed by atoms with van der Waals surface area (Å²) in [5, 5.41) is 2.15. The molecule has 0 aromatic rings. The molecule has 1 heterocycles. The Bertz CT molecular complexity index is 104. The number of hydrogen-bond donors (Lipinski definition) is 0. The van der Waals surface area contributed by atoms with E-state index < -0.39 is 0 Å². The fourth-order valence-electron chi connectivity index (χ4n) is 0.321. The van der Waals surface area contributed by atoms with Gasteiger partial charge in [0.25, 0.3) is 0 Å². The van der Waals surface area contributed by atoms with Gasteiger partial charge in [0.1, 0.15) is 0 Å². The molecule has 0 saturated carbocycles. The van der Waals surface area contributed by atoms with Crippen LogP contribution in [0.2, 0.25) is 0 Å². The molecule has 6 heavy (non-hydrogen) atoms. The first kappa shape index (κ1) is 4.34. The van der Waals surface area contributed by atoms with Crippen molar-refractivity contribution < 1.29 is 0 Å². The van der Waals surface area contributed by atoms with Crippen LogP contribution in [0.5, 0.6) is 0 Å². The van der Waals surface area contributed by atoms with E-state index in [-0.39, 0.29) is 0 Å². The van der Waals surface area contributed by atoms with Crippen LogP contribution < -0.4 is 0 Å². The third-order valence-electron chi connectivity index (χ3n) is 0.599. The highest BCUT2D eigenvalue weighted by molar-refractivity contribution is 8.18. The van der Waals surface area contributed by atoms with Crippen molar-refractivity contribution in [2.24, 2.45) is 0 Å². The van der Waals surface area contributed by atoms with Crippen molar-refractivity contribution in [3.05, 3.63) is 11.1 Å². The highest BCUT2D eigenvalue weighted by atomic mass is 32.2. The summed E-state index contributed by atoms with van der Waals surface area (Å²) in [5.41, 5.74) is 2.21. The molecule has 31 valence electrons. The first-order valence-corrected chi connectivity index (χ1v) is 3.77. The molecule has 1 radical (unpaired) electrons. The third-order valence-corrected chi connectivity index (χ3v) is 2.91. The topological polar surface area (TPSA) is 0 Å². The lowest BCUT2D eigenvalue weighted by Crippen LogP contribution is -1.78. The van der Waals surface area contributed by atoms with Gasteiger partial charge in [0.2, 0.25) is 0 Å². The summed E-state index contributed by atoms with van der Waals surface area (Å²) in [6.07, 6.45) is 0. The van der Waals surface area contributed by atoms with Gasteiger partial charge in [-0.1, -0.05) is 5.70 Å². The fraction of sp³-hybridized carbons (Fsp3) is 0.250. The van der Waals surface area contributed by atoms with E-state index >= 15 is 0 Å². The molecule has 0 N–H and O–H groups in total. The van der Waals surface area contributed by atoms with E-state index in [9.17, 15) is 0 Å². The van der Waals surface area contributed by atoms with Gasteiger partial charge < -0.3 is 0 Å². The number of thioether (sulfide) groups is 1. The van der Waals surface area contributed by atoms with Crippen molar-refractivity contribution in [3.63, 3.8) is 0 Å². The molecule has 0 aliphatic carbocycles. The van der Waals surface area contributed by atoms with Gasteiger partial charge in [0.15, 0.2) is 0 Å². The summed E-state index contributed by atoms with van der Waals surface area (Å²) in [4.78, 5) is 0. The lowest BCUT2D eigenvalue weighted by molar-refractivity contribution is 2.11. The molecular formula is C4H5SSi. The molecule has 1 aliphatic rings. The van der Waals surface area contributed by atoms with Gasteiger partial charge in [-0.15, -0.1) is 11.8 Å². The van der Waals surface area contributed by atoms with E-state index in [0.717, 1.165) is 9.13 Å². The summed E-state index contributed by atoms with van der Waals surface area (Å²) in [6.45, 7) is 2.17. The van der Waals surface area contributed by atoms with Crippen LogP contribution in [0.25, 0.3) is 0 Å². The molecule has 0 saturated heterocycles. The highest BCUT2D eigenvalue weighted by Gasteiger charge is 1.87. The Morgan fingerprint density at radius 1 is 1.83 bits per heavy atom. The van der Waals surface area contributed by atoms with Crippen molar-refractivity contribution in [3.8, 4) is 0 Å². The van der Waals surface area contributed by atoms with Crippen LogP contribution in [0, 0.1) is 0 Å². The van der Waals surface area contributed by atoms with Gasteiger partial charge in [-0.25, -0.2) is 0 Å². The average molecular weight is 113 g/mol. The molecular weight excluding hydrogens is 108 g/mol. The Labute approximate surface area is 44.1 Å². The van der Waals surface area contributed by atoms with Crippen LogP contribution in [0.1, 0.15) is 6.92 Å². The number of rotatable bonds is 0. The summed E-state index contributed by atoms with van der Waals surface area (Å²) in [5.74, 6) is 0. The Morgan fingerprint density at radius 3 is 2.83 bits per heavy atom. The Morgan fingerprint density at radius 2 is 2.67 bits per heavy atom. The van der Waals surface area contributed by atoms with E-state index in [2.05, 4.69) is 18.0 Å². The second-order valence-electron chi connectivity index (χ2n) is 1.12. The fourth-order valence-corrected chi connectivity index (χ4v) is 1.99. The molecule has 0 atom stereocenters. The van der Waals surface area contributed by atoms with Crippen molar-refractivity contribution in [1.29, 1.82) is 0 Å². The second-order valence-corrected chi connectivity index (χ2v) is 3.98. The first-order chi connectivity index (χ1) is 2.89. The van der Waals surface area contributed by atoms with Crippen molar-refractivity contribution in [2.75, 3.05) is 0 Å². The summed E-state index contributed by atoms with van der Waals surface area (Å²) in [6, 6.07) is 0. The van der Waals surface area contributed by atoms with Crippen molar-refractivity contribution in [2.45, 2.75) is 6.92 Å². The molecule has 0 fully saturated rings. The van der Waals surface area contributed by atoms with E-state index in [1.54, 1.807) is 0 Å². The van der Waals surface area contributed by atoms with Gasteiger partial charge in [0, 0.05) is 0 Å². The summed E-state index contributed by atoms with van der Waals surface area (Å²) < 4.78 is 1.54. The maximum absolute atomic E-state index is 2.21. The van der Waals surface area contributed by atoms with Gasteiger partial charge in [0.05, 0.1) is 9.13 Å². The maximum atomic E-state index is 2.21. The van der Waals surface area contributed by atoms with E-state index in [1.807, 2.05) is 11.8 Å². The number of hydrogen-bond acceptors (Lipinski definition) is 1. The van der Waals surface area contributed by atoms with Gasteiger partial charge in [-0.3, -0.25) is 0 Å². The molecule has 0 spiro atoms. The molecule has 0 amide bonds. The van der Waals surface area contributed by atoms with E-state index in [0.29, 0.717) is 0 Å². The molecule has 0 nitrogen and oxygen atoms in total. The summed E-state index contributed by atoms with van der Waals surface area (Å²) in [7, 11) is 0.981. The first-order valence-electron chi connectivity index (χ1n) is 1.81. The van der Waals surface area contributed by atoms with Crippen LogP contribution in [0.3, 0.4) is 0 Å². The van der Waals surface area contributed by atoms with Gasteiger partial charge in [-0.2, -0.15) is 0 Å². The molecule has 1 rings (SSSR count). The monoisotopic (exact) mass is 113 g/mol. The van der Waals surface area contributed by atoms with E-state index in [4.69, 9.17) is 0 Å². The average Bonchev–Trinajstić information content (AvgIpc) is 1.86. The molecule has 0 bridgehead atoms. The quantitative estimate of drug-likeness (QED) is 0.423. The minimum Gasteiger partial charge on any atom is -0.108 e. The SMILES string of the molecule is CC1=[Si]C=CS1. The van der Waals surface area contributed by atoms with Crippen LogP contribution in [0.4, 0.5) is 0 Å². The Hall–Kier alpha value is 0.177. The van der Waals surface area contributed by atoms with Crippen LogP contribution in [0.15, 0.2) is 11.1 Å². The zero-order valence-corrected chi connectivity index (χ0v) is 5.38. The maximum Gasteiger partial charge on any atom is 0.0635 e. The standard InChI is InChI=1S/C4H5SSi/c1-4-5-2-3-6-4/h2-3H,1H3. The van der Waals surface area contributed by atoms with Crippen molar-refractivity contribution >= 4 is 25.4 Å². The lowest BCUT2D eigenvalue weighted by Gasteiger charge is -1.78. The summed E-state index contributed by atoms with van der Waals surface area (Å²) >= 11 is 1.85. The van der Waals surface area contributed by atoms with Gasteiger partial charge in [-0.05, 0) is 16.8 Å². The van der Waals surface area contributed by atoms with Gasteiger partial charge >= 0.3 is 0 Å². The van der Waals surface area contributed by atoms with Crippen LogP contribution in [-0.4, -0.2) is 13.6 Å². The zero-order chi connectivity index (χ0) is 4.41.